The van der Waals surface area contributed by atoms with Crippen molar-refractivity contribution in [3.05, 3.63) is 0 Å². The van der Waals surface area contributed by atoms with E-state index >= 15 is 0 Å². The lowest BCUT2D eigenvalue weighted by molar-refractivity contribution is -0.304. The molecule has 168 valence electrons. The summed E-state index contributed by atoms with van der Waals surface area (Å²) in [6, 6.07) is 0. The highest BCUT2D eigenvalue weighted by Gasteiger charge is 2.41. The van der Waals surface area contributed by atoms with Crippen molar-refractivity contribution in [2.75, 3.05) is 46.6 Å². The Labute approximate surface area is 174 Å². The number of carbonyl (C=O) groups is 2. The molecule has 0 aliphatic carbocycles. The summed E-state index contributed by atoms with van der Waals surface area (Å²) in [5, 5.41) is 6.05. The fraction of sp³-hybridized carbons (Fsp3) is 0.905. The maximum atomic E-state index is 12.0. The Morgan fingerprint density at radius 3 is 1.97 bits per heavy atom. The zero-order valence-corrected chi connectivity index (χ0v) is 18.2. The lowest BCUT2D eigenvalue weighted by Crippen LogP contribution is -2.52. The van der Waals surface area contributed by atoms with E-state index in [1.807, 2.05) is 14.0 Å². The van der Waals surface area contributed by atoms with Crippen molar-refractivity contribution in [2.45, 2.75) is 65.0 Å². The summed E-state index contributed by atoms with van der Waals surface area (Å²) in [7, 11) is 1.94. The molecule has 2 aliphatic heterocycles. The van der Waals surface area contributed by atoms with Gasteiger partial charge in [0.25, 0.3) is 0 Å². The summed E-state index contributed by atoms with van der Waals surface area (Å²) in [6.45, 7) is 7.26. The highest BCUT2D eigenvalue weighted by molar-refractivity contribution is 5.80. The summed E-state index contributed by atoms with van der Waals surface area (Å²) >= 11 is 0. The van der Waals surface area contributed by atoms with Gasteiger partial charge in [0.05, 0.1) is 31.8 Å². The Morgan fingerprint density at radius 1 is 0.966 bits per heavy atom. The predicted octanol–water partition coefficient (Wildman–Crippen LogP) is 1.62. The third-order valence-corrected chi connectivity index (χ3v) is 5.46. The number of nitrogens with one attached hydrogen (secondary N) is 2. The monoisotopic (exact) mass is 414 g/mol. The molecule has 2 fully saturated rings. The molecule has 2 aliphatic rings. The molecule has 8 heteroatoms. The average molecular weight is 415 g/mol. The van der Waals surface area contributed by atoms with Crippen molar-refractivity contribution in [1.29, 1.82) is 0 Å². The molecule has 1 amide bonds. The molecule has 0 aromatic rings. The molecule has 2 heterocycles. The maximum Gasteiger partial charge on any atom is 0.222 e. The van der Waals surface area contributed by atoms with Gasteiger partial charge in [-0.3, -0.25) is 4.79 Å². The Kier molecular flexibility index (Phi) is 10.5. The van der Waals surface area contributed by atoms with Gasteiger partial charge in [0.15, 0.2) is 12.6 Å². The molecule has 0 aromatic heterocycles. The molecule has 1 unspecified atom stereocenters. The van der Waals surface area contributed by atoms with Crippen LogP contribution in [0.2, 0.25) is 0 Å². The summed E-state index contributed by atoms with van der Waals surface area (Å²) in [5.41, 5.74) is -0.212. The number of carbonyl (C=O) groups excluding carboxylic acids is 2. The van der Waals surface area contributed by atoms with Crippen LogP contribution >= 0.6 is 0 Å². The van der Waals surface area contributed by atoms with Gasteiger partial charge in [-0.2, -0.15) is 0 Å². The number of ether oxygens (including phenoxy) is 4. The lowest BCUT2D eigenvalue weighted by atomic mass is 9.90. The van der Waals surface area contributed by atoms with E-state index in [1.165, 1.54) is 0 Å². The van der Waals surface area contributed by atoms with Crippen LogP contribution in [0.5, 0.6) is 0 Å². The van der Waals surface area contributed by atoms with Crippen LogP contribution in [0, 0.1) is 11.3 Å². The van der Waals surface area contributed by atoms with Crippen LogP contribution in [-0.2, 0) is 28.5 Å². The van der Waals surface area contributed by atoms with Gasteiger partial charge in [0, 0.05) is 25.3 Å². The van der Waals surface area contributed by atoms with E-state index in [1.54, 1.807) is 6.92 Å². The summed E-state index contributed by atoms with van der Waals surface area (Å²) in [6.07, 6.45) is 4.09. The third kappa shape index (κ3) is 8.68. The number of amides is 1. The number of ketones is 1. The molecule has 8 nitrogen and oxygen atoms in total. The van der Waals surface area contributed by atoms with E-state index < -0.39 is 0 Å². The van der Waals surface area contributed by atoms with E-state index in [4.69, 9.17) is 18.9 Å². The molecule has 2 N–H and O–H groups in total. The van der Waals surface area contributed by atoms with Gasteiger partial charge < -0.3 is 34.4 Å². The molecule has 2 rings (SSSR count). The average Bonchev–Trinajstić information content (AvgIpc) is 2.72. The molecule has 1 spiro atoms. The first-order chi connectivity index (χ1) is 13.9. The zero-order valence-electron chi connectivity index (χ0n) is 18.2. The molecular formula is C21H38N2O6. The van der Waals surface area contributed by atoms with Crippen molar-refractivity contribution >= 4 is 11.7 Å². The third-order valence-electron chi connectivity index (χ3n) is 5.46. The Hall–Kier alpha value is -1.06. The molecular weight excluding hydrogens is 376 g/mol. The fourth-order valence-electron chi connectivity index (χ4n) is 3.41. The van der Waals surface area contributed by atoms with Gasteiger partial charge in [-0.15, -0.1) is 0 Å². The van der Waals surface area contributed by atoms with Crippen LogP contribution in [0.15, 0.2) is 0 Å². The number of Topliss-reactive ketones (excluding diaryl/α,β-unsaturated/α-hetero) is 1. The minimum Gasteiger partial charge on any atom is -0.356 e. The number of hydrogen-bond acceptors (Lipinski definition) is 7. The fourth-order valence-corrected chi connectivity index (χ4v) is 3.41. The Morgan fingerprint density at radius 2 is 1.48 bits per heavy atom. The van der Waals surface area contributed by atoms with Gasteiger partial charge in [0.1, 0.15) is 5.78 Å². The van der Waals surface area contributed by atoms with E-state index in [-0.39, 0.29) is 35.6 Å². The van der Waals surface area contributed by atoms with Crippen LogP contribution in [0.25, 0.3) is 0 Å². The van der Waals surface area contributed by atoms with E-state index in [0.717, 1.165) is 32.2 Å². The van der Waals surface area contributed by atoms with Crippen molar-refractivity contribution in [1.82, 2.24) is 10.6 Å². The van der Waals surface area contributed by atoms with Crippen molar-refractivity contribution in [3.63, 3.8) is 0 Å². The lowest BCUT2D eigenvalue weighted by Gasteiger charge is -2.43. The standard InChI is InChI=1S/C21H38N2O6/c1-16(8-9-17(2)24)20(25)23-11-5-7-19-28-14-21(15-29-19)12-26-18(27-13-21)6-4-10-22-3/h16,18-19,22H,4-15H2,1-3H3,(H,23,25). The highest BCUT2D eigenvalue weighted by atomic mass is 16.7. The predicted molar refractivity (Wildman–Crippen MR) is 108 cm³/mol. The van der Waals surface area contributed by atoms with Crippen LogP contribution in [-0.4, -0.2) is 70.8 Å². The van der Waals surface area contributed by atoms with Crippen LogP contribution in [0.4, 0.5) is 0 Å². The Bertz CT molecular complexity index is 497. The van der Waals surface area contributed by atoms with Crippen molar-refractivity contribution in [2.24, 2.45) is 11.3 Å². The second-order valence-corrected chi connectivity index (χ2v) is 8.42. The van der Waals surface area contributed by atoms with Crippen molar-refractivity contribution in [3.8, 4) is 0 Å². The number of rotatable bonds is 12. The van der Waals surface area contributed by atoms with Gasteiger partial charge in [-0.1, -0.05) is 6.92 Å². The molecule has 0 radical (unpaired) electrons. The minimum absolute atomic E-state index is 0.00328. The van der Waals surface area contributed by atoms with Gasteiger partial charge >= 0.3 is 0 Å². The smallest absolute Gasteiger partial charge is 0.222 e. The van der Waals surface area contributed by atoms with E-state index in [0.29, 0.717) is 45.8 Å². The normalized spacial score (nSPS) is 28.2. The molecule has 29 heavy (non-hydrogen) atoms. The second-order valence-electron chi connectivity index (χ2n) is 8.42. The van der Waals surface area contributed by atoms with E-state index in [2.05, 4.69) is 10.6 Å². The summed E-state index contributed by atoms with van der Waals surface area (Å²) in [4.78, 5) is 23.0. The molecule has 2 saturated heterocycles. The number of hydrogen-bond donors (Lipinski definition) is 2. The largest absolute Gasteiger partial charge is 0.356 e. The SMILES string of the molecule is CNCCCC1OCC2(CO1)COC(CCCNC(=O)C(C)CCC(C)=O)OC2. The molecule has 0 saturated carbocycles. The van der Waals surface area contributed by atoms with Crippen LogP contribution < -0.4 is 10.6 Å². The first kappa shape index (κ1) is 24.2. The quantitative estimate of drug-likeness (QED) is 0.469. The summed E-state index contributed by atoms with van der Waals surface area (Å²) in [5.74, 6) is -0.0298. The van der Waals surface area contributed by atoms with Crippen LogP contribution in [0.3, 0.4) is 0 Å². The van der Waals surface area contributed by atoms with E-state index in [9.17, 15) is 9.59 Å². The highest BCUT2D eigenvalue weighted by Crippen LogP contribution is 2.31. The molecule has 1 atom stereocenters. The van der Waals surface area contributed by atoms with Crippen molar-refractivity contribution < 1.29 is 28.5 Å². The first-order valence-corrected chi connectivity index (χ1v) is 10.8. The van der Waals surface area contributed by atoms with Crippen LogP contribution in [0.1, 0.15) is 52.4 Å². The van der Waals surface area contributed by atoms with Gasteiger partial charge in [0.2, 0.25) is 5.91 Å². The zero-order chi connectivity index (χ0) is 21.1. The topological polar surface area (TPSA) is 95.1 Å². The minimum atomic E-state index is -0.249. The van der Waals surface area contributed by atoms with Gasteiger partial charge in [-0.05, 0) is 46.2 Å². The Balaban J connectivity index is 1.55. The molecule has 0 bridgehead atoms. The molecule has 0 aromatic carbocycles. The summed E-state index contributed by atoms with van der Waals surface area (Å²) < 4.78 is 23.5. The maximum absolute atomic E-state index is 12.0. The van der Waals surface area contributed by atoms with Gasteiger partial charge in [-0.25, -0.2) is 0 Å². The second kappa shape index (κ2) is 12.6. The first-order valence-electron chi connectivity index (χ1n) is 10.8.